The van der Waals surface area contributed by atoms with Gasteiger partial charge in [0.2, 0.25) is 0 Å². The molecule has 2 aliphatic rings. The molecule has 0 bridgehead atoms. The number of pyridine rings is 2. The van der Waals surface area contributed by atoms with Gasteiger partial charge in [-0.3, -0.25) is 9.38 Å². The number of halogens is 1. The summed E-state index contributed by atoms with van der Waals surface area (Å²) in [4.78, 5) is 4.60. The van der Waals surface area contributed by atoms with Crippen molar-refractivity contribution in [1.82, 2.24) is 19.6 Å². The largest absolute Gasteiger partial charge is 0.493 e. The molecule has 0 aliphatic carbocycles. The van der Waals surface area contributed by atoms with Gasteiger partial charge in [0.25, 0.3) is 0 Å². The molecule has 7 nitrogen and oxygen atoms in total. The van der Waals surface area contributed by atoms with E-state index in [1.165, 1.54) is 6.07 Å². The Balaban J connectivity index is 1.53. The fraction of sp³-hybridized carbons (Fsp3) is 0.261. The van der Waals surface area contributed by atoms with Gasteiger partial charge in [0.15, 0.2) is 17.2 Å². The lowest BCUT2D eigenvalue weighted by molar-refractivity contribution is 0.249. The predicted molar refractivity (Wildman–Crippen MR) is 113 cm³/mol. The Morgan fingerprint density at radius 1 is 1.06 bits per heavy atom. The summed E-state index contributed by atoms with van der Waals surface area (Å²) >= 11 is 0. The van der Waals surface area contributed by atoms with E-state index in [1.54, 1.807) is 12.4 Å². The summed E-state index contributed by atoms with van der Waals surface area (Å²) in [6.45, 7) is 5.12. The van der Waals surface area contributed by atoms with E-state index in [9.17, 15) is 4.39 Å². The van der Waals surface area contributed by atoms with E-state index in [1.807, 2.05) is 36.4 Å². The Bertz CT molecular complexity index is 1350. The highest BCUT2D eigenvalue weighted by Crippen LogP contribution is 2.42. The number of aromatic nitrogens is 4. The minimum atomic E-state index is -0.247. The summed E-state index contributed by atoms with van der Waals surface area (Å²) in [7, 11) is 0. The summed E-state index contributed by atoms with van der Waals surface area (Å²) in [5, 5.41) is 11.8. The molecule has 0 unspecified atom stereocenters. The van der Waals surface area contributed by atoms with Crippen molar-refractivity contribution in [1.29, 1.82) is 0 Å². The average molecular weight is 417 g/mol. The first-order valence-corrected chi connectivity index (χ1v) is 10.2. The Morgan fingerprint density at radius 3 is 2.74 bits per heavy atom. The Kier molecular flexibility index (Phi) is 3.89. The maximum atomic E-state index is 14.7. The van der Waals surface area contributed by atoms with Crippen LogP contribution in [0.2, 0.25) is 0 Å². The molecule has 8 heteroatoms. The van der Waals surface area contributed by atoms with E-state index < -0.39 is 0 Å². The molecule has 156 valence electrons. The number of nitrogens with one attached hydrogen (secondary N) is 1. The second-order valence-electron chi connectivity index (χ2n) is 7.99. The topological polar surface area (TPSA) is 73.6 Å². The van der Waals surface area contributed by atoms with Crippen molar-refractivity contribution in [2.75, 3.05) is 18.5 Å². The van der Waals surface area contributed by atoms with Crippen LogP contribution in [0, 0.1) is 19.7 Å². The third-order valence-corrected chi connectivity index (χ3v) is 6.03. The van der Waals surface area contributed by atoms with Crippen LogP contribution in [0.3, 0.4) is 0 Å². The number of aryl methyl sites for hydroxylation is 2. The average Bonchev–Trinajstić information content (AvgIpc) is 3.40. The molecule has 0 radical (unpaired) electrons. The third-order valence-electron chi connectivity index (χ3n) is 6.03. The van der Waals surface area contributed by atoms with Gasteiger partial charge >= 0.3 is 0 Å². The third kappa shape index (κ3) is 2.74. The SMILES string of the molecule is Cc1ccc(-c2cc3c(n4cnnc24)NCc2c(F)ccc4c2[C@@H](CO4)CO3)c(C)n1. The summed E-state index contributed by atoms with van der Waals surface area (Å²) in [5.74, 6) is 1.80. The number of hydrogen-bond acceptors (Lipinski definition) is 6. The molecule has 0 saturated carbocycles. The maximum absolute atomic E-state index is 14.7. The van der Waals surface area contributed by atoms with Crippen molar-refractivity contribution in [3.63, 3.8) is 0 Å². The minimum absolute atomic E-state index is 0.0312. The molecule has 3 aromatic heterocycles. The Labute approximate surface area is 177 Å². The lowest BCUT2D eigenvalue weighted by Crippen LogP contribution is -2.13. The highest BCUT2D eigenvalue weighted by Gasteiger charge is 2.31. The molecular weight excluding hydrogens is 397 g/mol. The van der Waals surface area contributed by atoms with Gasteiger partial charge in [-0.2, -0.15) is 0 Å². The van der Waals surface area contributed by atoms with Gasteiger partial charge in [0.05, 0.1) is 19.1 Å². The molecule has 2 aliphatic heterocycles. The van der Waals surface area contributed by atoms with Crippen LogP contribution in [-0.2, 0) is 6.54 Å². The first kappa shape index (κ1) is 18.1. The minimum Gasteiger partial charge on any atom is -0.493 e. The first-order chi connectivity index (χ1) is 15.1. The van der Waals surface area contributed by atoms with Crippen LogP contribution in [0.5, 0.6) is 11.5 Å². The van der Waals surface area contributed by atoms with Crippen LogP contribution in [0.1, 0.15) is 28.4 Å². The number of rotatable bonds is 1. The Morgan fingerprint density at radius 2 is 1.90 bits per heavy atom. The lowest BCUT2D eigenvalue weighted by atomic mass is 9.96. The molecule has 1 aromatic carbocycles. The van der Waals surface area contributed by atoms with E-state index in [2.05, 4.69) is 20.5 Å². The van der Waals surface area contributed by atoms with E-state index in [0.29, 0.717) is 42.5 Å². The second kappa shape index (κ2) is 6.66. The van der Waals surface area contributed by atoms with Gasteiger partial charge in [-0.1, -0.05) is 6.07 Å². The summed E-state index contributed by atoms with van der Waals surface area (Å²) < 4.78 is 28.6. The maximum Gasteiger partial charge on any atom is 0.170 e. The van der Waals surface area contributed by atoms with Gasteiger partial charge in [0, 0.05) is 40.2 Å². The van der Waals surface area contributed by atoms with Crippen LogP contribution in [0.25, 0.3) is 16.8 Å². The van der Waals surface area contributed by atoms with Crippen LogP contribution >= 0.6 is 0 Å². The molecule has 6 rings (SSSR count). The summed E-state index contributed by atoms with van der Waals surface area (Å²) in [6.07, 6.45) is 1.64. The number of hydrogen-bond donors (Lipinski definition) is 1. The molecule has 0 spiro atoms. The fourth-order valence-electron chi connectivity index (χ4n) is 4.55. The molecule has 31 heavy (non-hydrogen) atoms. The second-order valence-corrected chi connectivity index (χ2v) is 7.99. The molecule has 5 heterocycles. The van der Waals surface area contributed by atoms with Crippen molar-refractivity contribution >= 4 is 11.5 Å². The van der Waals surface area contributed by atoms with Gasteiger partial charge in [-0.05, 0) is 38.1 Å². The monoisotopic (exact) mass is 417 g/mol. The molecular formula is C23H20FN5O2. The summed E-state index contributed by atoms with van der Waals surface area (Å²) in [6, 6.07) is 9.14. The van der Waals surface area contributed by atoms with Crippen molar-refractivity contribution in [3.8, 4) is 22.6 Å². The van der Waals surface area contributed by atoms with Crippen LogP contribution < -0.4 is 14.8 Å². The molecule has 1 atom stereocenters. The first-order valence-electron chi connectivity index (χ1n) is 10.2. The number of fused-ring (bicyclic) bond motifs is 3. The number of anilines is 1. The van der Waals surface area contributed by atoms with Crippen molar-refractivity contribution in [3.05, 3.63) is 65.0 Å². The van der Waals surface area contributed by atoms with E-state index >= 15 is 0 Å². The zero-order valence-corrected chi connectivity index (χ0v) is 17.1. The van der Waals surface area contributed by atoms with Crippen molar-refractivity contribution < 1.29 is 13.9 Å². The van der Waals surface area contributed by atoms with Crippen molar-refractivity contribution in [2.45, 2.75) is 26.3 Å². The number of ether oxygens (including phenoxy) is 2. The fourth-order valence-corrected chi connectivity index (χ4v) is 4.55. The van der Waals surface area contributed by atoms with E-state index in [4.69, 9.17) is 9.47 Å². The predicted octanol–water partition coefficient (Wildman–Crippen LogP) is 4.03. The van der Waals surface area contributed by atoms with Crippen LogP contribution in [0.15, 0.2) is 36.7 Å². The quantitative estimate of drug-likeness (QED) is 0.504. The zero-order valence-electron chi connectivity index (χ0n) is 17.1. The highest BCUT2D eigenvalue weighted by atomic mass is 19.1. The van der Waals surface area contributed by atoms with Crippen molar-refractivity contribution in [2.24, 2.45) is 0 Å². The zero-order chi connectivity index (χ0) is 21.1. The van der Waals surface area contributed by atoms with E-state index in [-0.39, 0.29) is 11.7 Å². The smallest absolute Gasteiger partial charge is 0.170 e. The molecule has 0 fully saturated rings. The molecule has 0 saturated heterocycles. The van der Waals surface area contributed by atoms with Gasteiger partial charge in [0.1, 0.15) is 17.9 Å². The molecule has 4 aromatic rings. The van der Waals surface area contributed by atoms with Crippen LogP contribution in [0.4, 0.5) is 10.2 Å². The lowest BCUT2D eigenvalue weighted by Gasteiger charge is -2.17. The Hall–Kier alpha value is -3.68. The molecule has 0 amide bonds. The van der Waals surface area contributed by atoms with Gasteiger partial charge < -0.3 is 14.8 Å². The van der Waals surface area contributed by atoms with Gasteiger partial charge in [-0.25, -0.2) is 4.39 Å². The van der Waals surface area contributed by atoms with Crippen LogP contribution in [-0.4, -0.2) is 32.8 Å². The standard InChI is InChI=1S/C23H20FN5O2/c1-12-3-4-15(13(2)27-12)16-7-20-23(29-11-26-28-22(16)29)25-8-17-18(24)5-6-19-21(17)14(9-30-19)10-31-20/h3-7,11,14,25H,8-10H2,1-2H3/t14-/m0/s1. The number of benzene rings is 1. The number of nitrogens with zero attached hydrogens (tertiary/aromatic N) is 4. The molecule has 1 N–H and O–H groups in total. The highest BCUT2D eigenvalue weighted by molar-refractivity contribution is 5.83. The van der Waals surface area contributed by atoms with E-state index in [0.717, 1.165) is 33.8 Å². The summed E-state index contributed by atoms with van der Waals surface area (Å²) in [5.41, 5.74) is 5.90. The van der Waals surface area contributed by atoms with Gasteiger partial charge in [-0.15, -0.1) is 10.2 Å². The normalized spacial score (nSPS) is 16.9.